The quantitative estimate of drug-likeness (QED) is 0.815. The third kappa shape index (κ3) is 3.18. The lowest BCUT2D eigenvalue weighted by Gasteiger charge is -2.14. The first-order valence-electron chi connectivity index (χ1n) is 5.69. The van der Waals surface area contributed by atoms with E-state index in [0.717, 1.165) is 5.56 Å². The van der Waals surface area contributed by atoms with Gasteiger partial charge in [0.1, 0.15) is 19.3 Å². The van der Waals surface area contributed by atoms with E-state index in [1.165, 1.54) is 6.26 Å². The van der Waals surface area contributed by atoms with Gasteiger partial charge >= 0.3 is 0 Å². The standard InChI is InChI=1S/C12H15NO5/c1-8-12(10(14)6-18-8)13-11(15)7-17-5-9-2-3-16-4-9/h2-4,8,12H,5-7H2,1H3,(H,13,15)/t8-,12?/m1/s1. The summed E-state index contributed by atoms with van der Waals surface area (Å²) in [6.45, 7) is 2.01. The summed E-state index contributed by atoms with van der Waals surface area (Å²) in [6, 6.07) is 1.20. The predicted molar refractivity (Wildman–Crippen MR) is 60.7 cm³/mol. The van der Waals surface area contributed by atoms with Crippen LogP contribution in [0.25, 0.3) is 0 Å². The van der Waals surface area contributed by atoms with Gasteiger partial charge in [-0.05, 0) is 13.0 Å². The molecule has 0 radical (unpaired) electrons. The Morgan fingerprint density at radius 1 is 1.61 bits per heavy atom. The van der Waals surface area contributed by atoms with E-state index in [9.17, 15) is 9.59 Å². The Morgan fingerprint density at radius 3 is 3.06 bits per heavy atom. The Morgan fingerprint density at radius 2 is 2.44 bits per heavy atom. The maximum absolute atomic E-state index is 11.6. The minimum atomic E-state index is -0.560. The first-order valence-corrected chi connectivity index (χ1v) is 5.69. The number of hydrogen-bond donors (Lipinski definition) is 1. The summed E-state index contributed by atoms with van der Waals surface area (Å²) >= 11 is 0. The van der Waals surface area contributed by atoms with Gasteiger partial charge in [-0.1, -0.05) is 0 Å². The van der Waals surface area contributed by atoms with Crippen LogP contribution in [-0.4, -0.2) is 37.0 Å². The number of carbonyl (C=O) groups is 2. The van der Waals surface area contributed by atoms with E-state index in [4.69, 9.17) is 13.9 Å². The minimum Gasteiger partial charge on any atom is -0.472 e. The van der Waals surface area contributed by atoms with E-state index in [1.54, 1.807) is 19.3 Å². The number of hydrogen-bond acceptors (Lipinski definition) is 5. The number of furan rings is 1. The van der Waals surface area contributed by atoms with Crippen LogP contribution in [-0.2, 0) is 25.7 Å². The molecular formula is C12H15NO5. The minimum absolute atomic E-state index is 0.0575. The fourth-order valence-electron chi connectivity index (χ4n) is 1.71. The summed E-state index contributed by atoms with van der Waals surface area (Å²) in [7, 11) is 0. The molecule has 1 aromatic rings. The molecule has 1 aliphatic heterocycles. The Kier molecular flexibility index (Phi) is 4.11. The van der Waals surface area contributed by atoms with Crippen LogP contribution in [0.15, 0.2) is 23.0 Å². The summed E-state index contributed by atoms with van der Waals surface area (Å²) in [4.78, 5) is 22.9. The number of amides is 1. The fraction of sp³-hybridized carbons (Fsp3) is 0.500. The average Bonchev–Trinajstić information content (AvgIpc) is 2.94. The molecule has 1 fully saturated rings. The molecule has 6 heteroatoms. The van der Waals surface area contributed by atoms with Crippen LogP contribution in [0.5, 0.6) is 0 Å². The summed E-state index contributed by atoms with van der Waals surface area (Å²) in [6.07, 6.45) is 2.80. The molecule has 6 nitrogen and oxygen atoms in total. The van der Waals surface area contributed by atoms with Gasteiger partial charge in [-0.3, -0.25) is 9.59 Å². The van der Waals surface area contributed by atoms with Crippen LogP contribution in [0, 0.1) is 0 Å². The molecule has 2 rings (SSSR count). The average molecular weight is 253 g/mol. The van der Waals surface area contributed by atoms with Crippen molar-refractivity contribution < 1.29 is 23.5 Å². The maximum Gasteiger partial charge on any atom is 0.246 e. The van der Waals surface area contributed by atoms with Gasteiger partial charge in [-0.25, -0.2) is 0 Å². The summed E-state index contributed by atoms with van der Waals surface area (Å²) in [5.41, 5.74) is 0.858. The van der Waals surface area contributed by atoms with Crippen molar-refractivity contribution in [2.24, 2.45) is 0 Å². The normalized spacial score (nSPS) is 23.3. The monoisotopic (exact) mass is 253 g/mol. The Bertz CT molecular complexity index is 414. The second kappa shape index (κ2) is 5.79. The van der Waals surface area contributed by atoms with Crippen molar-refractivity contribution >= 4 is 11.7 Å². The zero-order valence-corrected chi connectivity index (χ0v) is 10.0. The van der Waals surface area contributed by atoms with E-state index >= 15 is 0 Å². The van der Waals surface area contributed by atoms with Gasteiger partial charge in [0.05, 0.1) is 25.2 Å². The van der Waals surface area contributed by atoms with Crippen LogP contribution in [0.1, 0.15) is 12.5 Å². The number of rotatable bonds is 5. The van der Waals surface area contributed by atoms with Crippen LogP contribution in [0.3, 0.4) is 0 Å². The Balaban J connectivity index is 1.70. The predicted octanol–water partition coefficient (Wildman–Crippen LogP) is 0.269. The van der Waals surface area contributed by atoms with Crippen molar-refractivity contribution in [2.45, 2.75) is 25.7 Å². The highest BCUT2D eigenvalue weighted by Crippen LogP contribution is 2.09. The van der Waals surface area contributed by atoms with E-state index in [-0.39, 0.29) is 31.0 Å². The van der Waals surface area contributed by atoms with Gasteiger partial charge in [0.15, 0.2) is 5.78 Å². The van der Waals surface area contributed by atoms with Crippen molar-refractivity contribution in [2.75, 3.05) is 13.2 Å². The van der Waals surface area contributed by atoms with E-state index in [2.05, 4.69) is 5.32 Å². The lowest BCUT2D eigenvalue weighted by molar-refractivity contribution is -0.129. The van der Waals surface area contributed by atoms with Crippen molar-refractivity contribution in [3.63, 3.8) is 0 Å². The van der Waals surface area contributed by atoms with Crippen LogP contribution < -0.4 is 5.32 Å². The molecule has 0 bridgehead atoms. The molecule has 0 spiro atoms. The summed E-state index contributed by atoms with van der Waals surface area (Å²) in [5, 5.41) is 2.60. The SMILES string of the molecule is C[C@H]1OCC(=O)C1NC(=O)COCc1ccoc1. The lowest BCUT2D eigenvalue weighted by atomic mass is 10.1. The van der Waals surface area contributed by atoms with Crippen LogP contribution in [0.4, 0.5) is 0 Å². The number of carbonyl (C=O) groups excluding carboxylic acids is 2. The highest BCUT2D eigenvalue weighted by molar-refractivity contribution is 5.92. The van der Waals surface area contributed by atoms with Gasteiger partial charge in [0, 0.05) is 5.56 Å². The molecule has 0 saturated carbocycles. The van der Waals surface area contributed by atoms with Crippen molar-refractivity contribution in [1.29, 1.82) is 0 Å². The van der Waals surface area contributed by atoms with Crippen molar-refractivity contribution in [3.05, 3.63) is 24.2 Å². The van der Waals surface area contributed by atoms with E-state index in [0.29, 0.717) is 6.61 Å². The van der Waals surface area contributed by atoms with Crippen LogP contribution in [0.2, 0.25) is 0 Å². The van der Waals surface area contributed by atoms with Gasteiger partial charge < -0.3 is 19.2 Å². The highest BCUT2D eigenvalue weighted by atomic mass is 16.5. The first-order chi connectivity index (χ1) is 8.66. The zero-order valence-electron chi connectivity index (χ0n) is 10.0. The maximum atomic E-state index is 11.6. The molecule has 1 aliphatic rings. The number of nitrogens with one attached hydrogen (secondary N) is 1. The Labute approximate surface area is 104 Å². The summed E-state index contributed by atoms with van der Waals surface area (Å²) < 4.78 is 15.2. The summed E-state index contributed by atoms with van der Waals surface area (Å²) in [5.74, 6) is -0.431. The molecule has 98 valence electrons. The Hall–Kier alpha value is -1.66. The first kappa shape index (κ1) is 12.8. The van der Waals surface area contributed by atoms with Crippen LogP contribution >= 0.6 is 0 Å². The lowest BCUT2D eigenvalue weighted by Crippen LogP contribution is -2.45. The van der Waals surface area contributed by atoms with E-state index < -0.39 is 6.04 Å². The number of Topliss-reactive ketones (excluding diaryl/α,β-unsaturated/α-hetero) is 1. The molecule has 1 saturated heterocycles. The third-order valence-electron chi connectivity index (χ3n) is 2.70. The number of ether oxygens (including phenoxy) is 2. The topological polar surface area (TPSA) is 77.8 Å². The zero-order chi connectivity index (χ0) is 13.0. The molecule has 2 heterocycles. The van der Waals surface area contributed by atoms with E-state index in [1.807, 2.05) is 0 Å². The van der Waals surface area contributed by atoms with Crippen molar-refractivity contribution in [3.8, 4) is 0 Å². The molecular weight excluding hydrogens is 238 g/mol. The fourth-order valence-corrected chi connectivity index (χ4v) is 1.71. The molecule has 1 N–H and O–H groups in total. The molecule has 1 amide bonds. The third-order valence-corrected chi connectivity index (χ3v) is 2.70. The number of ketones is 1. The van der Waals surface area contributed by atoms with Gasteiger partial charge in [0.25, 0.3) is 0 Å². The molecule has 0 aromatic carbocycles. The molecule has 1 unspecified atom stereocenters. The smallest absolute Gasteiger partial charge is 0.246 e. The largest absolute Gasteiger partial charge is 0.472 e. The van der Waals surface area contributed by atoms with Gasteiger partial charge in [-0.2, -0.15) is 0 Å². The second-order valence-electron chi connectivity index (χ2n) is 4.15. The van der Waals surface area contributed by atoms with Crippen molar-refractivity contribution in [1.82, 2.24) is 5.32 Å². The second-order valence-corrected chi connectivity index (χ2v) is 4.15. The molecule has 1 aromatic heterocycles. The molecule has 2 atom stereocenters. The molecule has 0 aliphatic carbocycles. The van der Waals surface area contributed by atoms with Gasteiger partial charge in [0.2, 0.25) is 5.91 Å². The van der Waals surface area contributed by atoms with Gasteiger partial charge in [-0.15, -0.1) is 0 Å². The molecule has 18 heavy (non-hydrogen) atoms. The highest BCUT2D eigenvalue weighted by Gasteiger charge is 2.33.